The lowest BCUT2D eigenvalue weighted by molar-refractivity contribution is 0.274. The standard InChI is InChI=1S/C9H10BrF2NO2/c10-5-3-4(6(13)1-2-14)9(15)8(12)7(5)11/h3,6,14-15H,1-2,13H2/t6-/m0/s1. The van der Waals surface area contributed by atoms with E-state index >= 15 is 0 Å². The SMILES string of the molecule is N[C@@H](CCO)c1cc(Br)c(F)c(F)c1O. The summed E-state index contributed by atoms with van der Waals surface area (Å²) in [4.78, 5) is 0. The average molecular weight is 282 g/mol. The van der Waals surface area contributed by atoms with Crippen molar-refractivity contribution in [2.24, 2.45) is 5.73 Å². The van der Waals surface area contributed by atoms with Crippen molar-refractivity contribution in [1.82, 2.24) is 0 Å². The van der Waals surface area contributed by atoms with Gasteiger partial charge in [0.1, 0.15) is 0 Å². The number of aliphatic hydroxyl groups is 1. The molecule has 0 radical (unpaired) electrons. The molecular formula is C9H10BrF2NO2. The lowest BCUT2D eigenvalue weighted by atomic mass is 10.0. The maximum atomic E-state index is 13.1. The van der Waals surface area contributed by atoms with Gasteiger partial charge in [-0.15, -0.1) is 0 Å². The second kappa shape index (κ2) is 4.87. The van der Waals surface area contributed by atoms with Gasteiger partial charge in [-0.3, -0.25) is 0 Å². The molecule has 1 rings (SSSR count). The van der Waals surface area contributed by atoms with Gasteiger partial charge in [0.05, 0.1) is 4.47 Å². The Morgan fingerprint density at radius 1 is 1.40 bits per heavy atom. The molecular weight excluding hydrogens is 272 g/mol. The Morgan fingerprint density at radius 3 is 2.53 bits per heavy atom. The maximum Gasteiger partial charge on any atom is 0.201 e. The number of halogens is 3. The predicted molar refractivity (Wildman–Crippen MR) is 54.4 cm³/mol. The van der Waals surface area contributed by atoms with Gasteiger partial charge in [-0.25, -0.2) is 4.39 Å². The van der Waals surface area contributed by atoms with Crippen molar-refractivity contribution in [2.75, 3.05) is 6.61 Å². The van der Waals surface area contributed by atoms with E-state index in [1.54, 1.807) is 0 Å². The Labute approximate surface area is 93.7 Å². The zero-order valence-electron chi connectivity index (χ0n) is 7.67. The highest BCUT2D eigenvalue weighted by Gasteiger charge is 2.20. The highest BCUT2D eigenvalue weighted by Crippen LogP contribution is 2.33. The molecule has 1 aromatic rings. The van der Waals surface area contributed by atoms with Crippen molar-refractivity contribution in [3.63, 3.8) is 0 Å². The van der Waals surface area contributed by atoms with E-state index in [0.717, 1.165) is 0 Å². The van der Waals surface area contributed by atoms with Gasteiger partial charge in [-0.1, -0.05) is 0 Å². The molecule has 15 heavy (non-hydrogen) atoms. The minimum Gasteiger partial charge on any atom is -0.505 e. The largest absolute Gasteiger partial charge is 0.505 e. The van der Waals surface area contributed by atoms with E-state index in [1.807, 2.05) is 0 Å². The summed E-state index contributed by atoms with van der Waals surface area (Å²) in [6.45, 7) is -0.197. The van der Waals surface area contributed by atoms with Crippen LogP contribution in [0, 0.1) is 11.6 Å². The second-order valence-corrected chi connectivity index (χ2v) is 3.90. The van der Waals surface area contributed by atoms with E-state index in [1.165, 1.54) is 6.07 Å². The summed E-state index contributed by atoms with van der Waals surface area (Å²) < 4.78 is 25.9. The quantitative estimate of drug-likeness (QED) is 0.741. The van der Waals surface area contributed by atoms with Crippen molar-refractivity contribution in [1.29, 1.82) is 0 Å². The summed E-state index contributed by atoms with van der Waals surface area (Å²) >= 11 is 2.81. The van der Waals surface area contributed by atoms with Crippen molar-refractivity contribution < 1.29 is 19.0 Å². The molecule has 0 amide bonds. The fraction of sp³-hybridized carbons (Fsp3) is 0.333. The van der Waals surface area contributed by atoms with Crippen LogP contribution in [-0.2, 0) is 0 Å². The molecule has 0 spiro atoms. The highest BCUT2D eigenvalue weighted by atomic mass is 79.9. The van der Waals surface area contributed by atoms with Crippen molar-refractivity contribution >= 4 is 15.9 Å². The average Bonchev–Trinajstić information content (AvgIpc) is 2.20. The Hall–Kier alpha value is -0.720. The zero-order valence-corrected chi connectivity index (χ0v) is 9.26. The number of hydrogen-bond donors (Lipinski definition) is 3. The molecule has 84 valence electrons. The molecule has 1 aromatic carbocycles. The number of aliphatic hydroxyl groups excluding tert-OH is 1. The summed E-state index contributed by atoms with van der Waals surface area (Å²) in [7, 11) is 0. The fourth-order valence-electron chi connectivity index (χ4n) is 1.18. The zero-order chi connectivity index (χ0) is 11.6. The van der Waals surface area contributed by atoms with Crippen LogP contribution in [0.1, 0.15) is 18.0 Å². The minimum atomic E-state index is -1.34. The molecule has 3 nitrogen and oxygen atoms in total. The fourth-order valence-corrected chi connectivity index (χ4v) is 1.60. The third kappa shape index (κ3) is 2.45. The first-order chi connectivity index (χ1) is 6.99. The van der Waals surface area contributed by atoms with Crippen molar-refractivity contribution in [3.8, 4) is 5.75 Å². The van der Waals surface area contributed by atoms with E-state index in [0.29, 0.717) is 0 Å². The first-order valence-corrected chi connectivity index (χ1v) is 5.01. The Bertz CT molecular complexity index is 374. The van der Waals surface area contributed by atoms with Gasteiger partial charge in [0, 0.05) is 18.2 Å². The summed E-state index contributed by atoms with van der Waals surface area (Å²) in [5.41, 5.74) is 5.63. The normalized spacial score (nSPS) is 12.9. The maximum absolute atomic E-state index is 13.1. The van der Waals surface area contributed by atoms with E-state index < -0.39 is 23.4 Å². The first kappa shape index (κ1) is 12.4. The molecule has 0 heterocycles. The smallest absolute Gasteiger partial charge is 0.201 e. The summed E-state index contributed by atoms with van der Waals surface area (Å²) in [6, 6.07) is 0.468. The van der Waals surface area contributed by atoms with E-state index in [4.69, 9.17) is 10.8 Å². The number of benzene rings is 1. The molecule has 0 aliphatic rings. The van der Waals surface area contributed by atoms with Crippen LogP contribution >= 0.6 is 15.9 Å². The molecule has 4 N–H and O–H groups in total. The lowest BCUT2D eigenvalue weighted by Gasteiger charge is -2.13. The van der Waals surface area contributed by atoms with Crippen LogP contribution < -0.4 is 5.73 Å². The van der Waals surface area contributed by atoms with Crippen LogP contribution in [0.5, 0.6) is 5.75 Å². The predicted octanol–water partition coefficient (Wildman–Crippen LogP) is 1.82. The van der Waals surface area contributed by atoms with Gasteiger partial charge < -0.3 is 15.9 Å². The molecule has 0 aliphatic heterocycles. The topological polar surface area (TPSA) is 66.5 Å². The first-order valence-electron chi connectivity index (χ1n) is 4.21. The van der Waals surface area contributed by atoms with Gasteiger partial charge in [-0.2, -0.15) is 4.39 Å². The van der Waals surface area contributed by atoms with E-state index in [2.05, 4.69) is 15.9 Å². The van der Waals surface area contributed by atoms with Gasteiger partial charge in [0.2, 0.25) is 5.82 Å². The van der Waals surface area contributed by atoms with Gasteiger partial charge in [0.15, 0.2) is 11.6 Å². The number of rotatable bonds is 3. The van der Waals surface area contributed by atoms with Crippen LogP contribution in [0.15, 0.2) is 10.5 Å². The number of nitrogens with two attached hydrogens (primary N) is 1. The second-order valence-electron chi connectivity index (χ2n) is 3.04. The van der Waals surface area contributed by atoms with Crippen LogP contribution in [0.4, 0.5) is 8.78 Å². The summed E-state index contributed by atoms with van der Waals surface area (Å²) in [6.07, 6.45) is 0.158. The summed E-state index contributed by atoms with van der Waals surface area (Å²) in [5.74, 6) is -3.31. The number of hydrogen-bond acceptors (Lipinski definition) is 3. The molecule has 1 atom stereocenters. The van der Waals surface area contributed by atoms with Crippen LogP contribution in [0.3, 0.4) is 0 Å². The third-order valence-electron chi connectivity index (χ3n) is 2.01. The third-order valence-corrected chi connectivity index (χ3v) is 2.58. The molecule has 6 heteroatoms. The molecule has 0 unspecified atom stereocenters. The molecule has 0 saturated heterocycles. The lowest BCUT2D eigenvalue weighted by Crippen LogP contribution is -2.13. The molecule has 0 aromatic heterocycles. The molecule has 0 aliphatic carbocycles. The summed E-state index contributed by atoms with van der Waals surface area (Å²) in [5, 5.41) is 17.9. The Balaban J connectivity index is 3.19. The van der Waals surface area contributed by atoms with E-state index in [9.17, 15) is 13.9 Å². The number of phenolic OH excluding ortho intramolecular Hbond substituents is 1. The van der Waals surface area contributed by atoms with Crippen molar-refractivity contribution in [2.45, 2.75) is 12.5 Å². The van der Waals surface area contributed by atoms with E-state index in [-0.39, 0.29) is 23.1 Å². The minimum absolute atomic E-state index is 0.0647. The molecule has 0 fully saturated rings. The van der Waals surface area contributed by atoms with Gasteiger partial charge in [-0.05, 0) is 28.4 Å². The molecule has 0 bridgehead atoms. The van der Waals surface area contributed by atoms with Crippen LogP contribution in [-0.4, -0.2) is 16.8 Å². The van der Waals surface area contributed by atoms with Crippen molar-refractivity contribution in [3.05, 3.63) is 27.7 Å². The van der Waals surface area contributed by atoms with Crippen LogP contribution in [0.2, 0.25) is 0 Å². The van der Waals surface area contributed by atoms with Crippen LogP contribution in [0.25, 0.3) is 0 Å². The Morgan fingerprint density at radius 2 is 2.00 bits per heavy atom. The van der Waals surface area contributed by atoms with Gasteiger partial charge >= 0.3 is 0 Å². The number of phenols is 1. The van der Waals surface area contributed by atoms with Gasteiger partial charge in [0.25, 0.3) is 0 Å². The Kier molecular flexibility index (Phi) is 4.01. The number of aromatic hydroxyl groups is 1. The molecule has 0 saturated carbocycles. The highest BCUT2D eigenvalue weighted by molar-refractivity contribution is 9.10. The monoisotopic (exact) mass is 281 g/mol.